The SMILES string of the molecule is CC[C@H]1C(=O)C2C3CCC([C@H](C)CCS(=O)(=O)O)C3(C)CCC2[C@@]2(C)CC[C@@H](OC(C)=O)C[C@@H]12. The van der Waals surface area contributed by atoms with Gasteiger partial charge in [0.05, 0.1) is 5.75 Å². The Kier molecular flexibility index (Phi) is 7.05. The molecule has 0 bridgehead atoms. The van der Waals surface area contributed by atoms with Crippen LogP contribution in [0.25, 0.3) is 0 Å². The zero-order valence-electron chi connectivity index (χ0n) is 21.6. The van der Waals surface area contributed by atoms with E-state index in [-0.39, 0.29) is 52.3 Å². The molecule has 34 heavy (non-hydrogen) atoms. The Morgan fingerprint density at radius 3 is 2.35 bits per heavy atom. The molecule has 0 heterocycles. The van der Waals surface area contributed by atoms with Crippen LogP contribution in [-0.2, 0) is 24.4 Å². The third-order valence-corrected chi connectivity index (χ3v) is 11.8. The topological polar surface area (TPSA) is 97.7 Å². The Balaban J connectivity index is 1.59. The fraction of sp³-hybridized carbons (Fsp3) is 0.926. The molecule has 0 radical (unpaired) electrons. The maximum Gasteiger partial charge on any atom is 0.302 e. The largest absolute Gasteiger partial charge is 0.463 e. The summed E-state index contributed by atoms with van der Waals surface area (Å²) in [5, 5.41) is 0. The molecule has 4 aliphatic carbocycles. The van der Waals surface area contributed by atoms with Crippen LogP contribution in [0.1, 0.15) is 92.4 Å². The summed E-state index contributed by atoms with van der Waals surface area (Å²) in [6.07, 6.45) is 8.16. The number of carbonyl (C=O) groups excluding carboxylic acids is 2. The highest BCUT2D eigenvalue weighted by Gasteiger charge is 2.65. The number of fused-ring (bicyclic) bond motifs is 5. The first-order chi connectivity index (χ1) is 15.8. The van der Waals surface area contributed by atoms with Gasteiger partial charge in [0.15, 0.2) is 0 Å². The molecule has 0 aromatic carbocycles. The highest BCUT2D eigenvalue weighted by atomic mass is 32.2. The molecule has 0 aromatic rings. The van der Waals surface area contributed by atoms with Gasteiger partial charge in [0, 0.05) is 18.8 Å². The molecule has 10 atom stereocenters. The summed E-state index contributed by atoms with van der Waals surface area (Å²) in [5.41, 5.74) is 0.151. The van der Waals surface area contributed by atoms with E-state index in [0.717, 1.165) is 51.4 Å². The summed E-state index contributed by atoms with van der Waals surface area (Å²) in [7, 11) is -3.96. The maximum atomic E-state index is 14.1. The van der Waals surface area contributed by atoms with Crippen LogP contribution < -0.4 is 0 Å². The molecular formula is C27H44O6S. The Bertz CT molecular complexity index is 914. The van der Waals surface area contributed by atoms with E-state index in [1.807, 2.05) is 0 Å². The van der Waals surface area contributed by atoms with E-state index in [1.54, 1.807) is 0 Å². The number of esters is 1. The normalized spacial score (nSPS) is 45.1. The van der Waals surface area contributed by atoms with Crippen molar-refractivity contribution in [2.45, 2.75) is 98.5 Å². The minimum Gasteiger partial charge on any atom is -0.463 e. The summed E-state index contributed by atoms with van der Waals surface area (Å²) in [6.45, 7) is 10.5. The van der Waals surface area contributed by atoms with Crippen LogP contribution in [0.3, 0.4) is 0 Å². The molecule has 0 spiro atoms. The number of ether oxygens (including phenoxy) is 1. The lowest BCUT2D eigenvalue weighted by atomic mass is 9.42. The quantitative estimate of drug-likeness (QED) is 0.395. The summed E-state index contributed by atoms with van der Waals surface area (Å²) in [5.74, 6) is 1.77. The van der Waals surface area contributed by atoms with Gasteiger partial charge in [-0.3, -0.25) is 14.1 Å². The summed E-state index contributed by atoms with van der Waals surface area (Å²) < 4.78 is 37.6. The zero-order valence-corrected chi connectivity index (χ0v) is 22.4. The number of hydrogen-bond donors (Lipinski definition) is 1. The molecule has 5 unspecified atom stereocenters. The van der Waals surface area contributed by atoms with E-state index < -0.39 is 10.1 Å². The van der Waals surface area contributed by atoms with Gasteiger partial charge in [-0.1, -0.05) is 27.7 Å². The number of ketones is 1. The second-order valence-corrected chi connectivity index (χ2v) is 14.1. The molecule has 4 rings (SSSR count). The van der Waals surface area contributed by atoms with Crippen LogP contribution >= 0.6 is 0 Å². The van der Waals surface area contributed by atoms with Crippen molar-refractivity contribution < 1.29 is 27.3 Å². The minimum atomic E-state index is -3.96. The second-order valence-electron chi connectivity index (χ2n) is 12.6. The number of hydrogen-bond acceptors (Lipinski definition) is 5. The van der Waals surface area contributed by atoms with E-state index in [1.165, 1.54) is 6.92 Å². The molecule has 7 heteroatoms. The van der Waals surface area contributed by atoms with Crippen molar-refractivity contribution >= 4 is 21.9 Å². The van der Waals surface area contributed by atoms with Crippen LogP contribution in [0, 0.1) is 52.3 Å². The van der Waals surface area contributed by atoms with Crippen molar-refractivity contribution in [3.8, 4) is 0 Å². The van der Waals surface area contributed by atoms with Crippen molar-refractivity contribution in [2.24, 2.45) is 52.3 Å². The van der Waals surface area contributed by atoms with Gasteiger partial charge in [-0.05, 0) is 98.2 Å². The first kappa shape index (κ1) is 26.1. The lowest BCUT2D eigenvalue weighted by Gasteiger charge is -2.62. The average molecular weight is 497 g/mol. The van der Waals surface area contributed by atoms with Crippen LogP contribution in [0.2, 0.25) is 0 Å². The van der Waals surface area contributed by atoms with Crippen LogP contribution in [0.5, 0.6) is 0 Å². The maximum absolute atomic E-state index is 14.1. The van der Waals surface area contributed by atoms with Crippen LogP contribution in [-0.4, -0.2) is 36.6 Å². The third kappa shape index (κ3) is 4.38. The molecule has 0 aliphatic heterocycles. The number of carbonyl (C=O) groups is 2. The van der Waals surface area contributed by atoms with Gasteiger partial charge in [-0.15, -0.1) is 0 Å². The van der Waals surface area contributed by atoms with Gasteiger partial charge in [-0.2, -0.15) is 8.42 Å². The van der Waals surface area contributed by atoms with Crippen molar-refractivity contribution in [1.29, 1.82) is 0 Å². The fourth-order valence-corrected chi connectivity index (χ4v) is 10.1. The van der Waals surface area contributed by atoms with E-state index in [2.05, 4.69) is 27.7 Å². The first-order valence-corrected chi connectivity index (χ1v) is 15.1. The molecule has 0 amide bonds. The van der Waals surface area contributed by atoms with Crippen LogP contribution in [0.15, 0.2) is 0 Å². The number of Topliss-reactive ketones (excluding diaryl/α,β-unsaturated/α-hetero) is 1. The Labute approximate surface area is 205 Å². The lowest BCUT2D eigenvalue weighted by Crippen LogP contribution is -2.60. The monoisotopic (exact) mass is 496 g/mol. The van der Waals surface area contributed by atoms with Gasteiger partial charge in [0.2, 0.25) is 0 Å². The predicted octanol–water partition coefficient (Wildman–Crippen LogP) is 5.31. The van der Waals surface area contributed by atoms with Gasteiger partial charge in [-0.25, -0.2) is 0 Å². The van der Waals surface area contributed by atoms with Crippen molar-refractivity contribution in [3.63, 3.8) is 0 Å². The fourth-order valence-electron chi connectivity index (χ4n) is 9.47. The van der Waals surface area contributed by atoms with Crippen molar-refractivity contribution in [1.82, 2.24) is 0 Å². The standard InChI is InChI=1S/C27H44O6S/c1-6-19-23-15-18(33-17(3)28)9-12-27(23,5)22-10-13-26(4)20(16(2)11-14-34(30,31)32)7-8-21(26)24(22)25(19)29/h16,18-24H,6-15H2,1-5H3,(H,30,31,32)/t16-,18-,19-,20?,21?,22?,23+,24?,26?,27-/m1/s1. The van der Waals surface area contributed by atoms with Gasteiger partial charge >= 0.3 is 5.97 Å². The highest BCUT2D eigenvalue weighted by molar-refractivity contribution is 7.85. The van der Waals surface area contributed by atoms with Gasteiger partial charge in [0.1, 0.15) is 11.9 Å². The molecule has 0 aromatic heterocycles. The summed E-state index contributed by atoms with van der Waals surface area (Å²) >= 11 is 0. The average Bonchev–Trinajstić information content (AvgIpc) is 3.09. The second kappa shape index (κ2) is 9.17. The molecule has 0 saturated heterocycles. The molecule has 4 aliphatic rings. The minimum absolute atomic E-state index is 0.0305. The first-order valence-electron chi connectivity index (χ1n) is 13.5. The van der Waals surface area contributed by atoms with Gasteiger partial charge < -0.3 is 4.74 Å². The molecule has 194 valence electrons. The molecule has 4 saturated carbocycles. The van der Waals surface area contributed by atoms with E-state index in [9.17, 15) is 22.6 Å². The number of rotatable bonds is 6. The predicted molar refractivity (Wildman–Crippen MR) is 131 cm³/mol. The molecular weight excluding hydrogens is 452 g/mol. The van der Waals surface area contributed by atoms with Crippen molar-refractivity contribution in [2.75, 3.05) is 5.75 Å². The van der Waals surface area contributed by atoms with E-state index >= 15 is 0 Å². The van der Waals surface area contributed by atoms with Gasteiger partial charge in [0.25, 0.3) is 10.1 Å². The zero-order chi connectivity index (χ0) is 25.1. The summed E-state index contributed by atoms with van der Waals surface area (Å²) in [4.78, 5) is 25.7. The Morgan fingerprint density at radius 2 is 1.74 bits per heavy atom. The molecule has 4 fully saturated rings. The van der Waals surface area contributed by atoms with Crippen molar-refractivity contribution in [3.05, 3.63) is 0 Å². The molecule has 1 N–H and O–H groups in total. The Morgan fingerprint density at radius 1 is 1.09 bits per heavy atom. The van der Waals surface area contributed by atoms with E-state index in [4.69, 9.17) is 4.74 Å². The van der Waals surface area contributed by atoms with Crippen LogP contribution in [0.4, 0.5) is 0 Å². The Hall–Kier alpha value is -0.950. The smallest absolute Gasteiger partial charge is 0.302 e. The lowest BCUT2D eigenvalue weighted by molar-refractivity contribution is -0.178. The summed E-state index contributed by atoms with van der Waals surface area (Å²) in [6, 6.07) is 0. The third-order valence-electron chi connectivity index (χ3n) is 11.0. The molecule has 6 nitrogen and oxygen atoms in total. The highest BCUT2D eigenvalue weighted by Crippen LogP contribution is 2.68. The van der Waals surface area contributed by atoms with E-state index in [0.29, 0.717) is 30.0 Å².